The molecule has 0 bridgehead atoms. The van der Waals surface area contributed by atoms with E-state index in [1.54, 1.807) is 24.3 Å². The fraction of sp³-hybridized carbons (Fsp3) is 0.417. The van der Waals surface area contributed by atoms with Crippen LogP contribution in [0.25, 0.3) is 0 Å². The number of primary amides is 1. The molecule has 16 heavy (non-hydrogen) atoms. The number of hydrogen-bond acceptors (Lipinski definition) is 3. The van der Waals surface area contributed by atoms with Gasteiger partial charge in [0.15, 0.2) is 0 Å². The van der Waals surface area contributed by atoms with E-state index < -0.39 is 5.91 Å². The highest BCUT2D eigenvalue weighted by atomic mass is 16.5. The maximum Gasteiger partial charge on any atom is 0.248 e. The molecule has 4 nitrogen and oxygen atoms in total. The van der Waals surface area contributed by atoms with Gasteiger partial charge in [0.2, 0.25) is 5.91 Å². The smallest absolute Gasteiger partial charge is 0.248 e. The average molecular weight is 222 g/mol. The molecule has 0 aromatic heterocycles. The quantitative estimate of drug-likeness (QED) is 0.788. The molecule has 1 atom stereocenters. The zero-order valence-corrected chi connectivity index (χ0v) is 9.69. The molecule has 88 valence electrons. The van der Waals surface area contributed by atoms with Gasteiger partial charge in [-0.3, -0.25) is 4.79 Å². The number of carbonyl (C=O) groups is 1. The summed E-state index contributed by atoms with van der Waals surface area (Å²) in [4.78, 5) is 10.8. The second-order valence-electron chi connectivity index (χ2n) is 4.18. The van der Waals surface area contributed by atoms with E-state index in [2.05, 4.69) is 0 Å². The van der Waals surface area contributed by atoms with E-state index in [0.717, 1.165) is 6.42 Å². The first-order chi connectivity index (χ1) is 7.44. The van der Waals surface area contributed by atoms with E-state index in [1.165, 1.54) is 0 Å². The van der Waals surface area contributed by atoms with E-state index in [-0.39, 0.29) is 5.54 Å². The molecule has 0 fully saturated rings. The normalized spacial score (nSPS) is 14.2. The Kier molecular flexibility index (Phi) is 3.90. The zero-order chi connectivity index (χ0) is 12.2. The molecule has 0 aliphatic rings. The summed E-state index contributed by atoms with van der Waals surface area (Å²) in [7, 11) is 0. The van der Waals surface area contributed by atoms with Gasteiger partial charge in [-0.05, 0) is 37.6 Å². The van der Waals surface area contributed by atoms with Gasteiger partial charge in [-0.25, -0.2) is 0 Å². The van der Waals surface area contributed by atoms with Crippen molar-refractivity contribution in [3.05, 3.63) is 29.8 Å². The van der Waals surface area contributed by atoms with Crippen LogP contribution in [0.1, 0.15) is 30.6 Å². The number of amides is 1. The predicted molar refractivity (Wildman–Crippen MR) is 63.3 cm³/mol. The van der Waals surface area contributed by atoms with Crippen molar-refractivity contribution >= 4 is 5.91 Å². The Bertz CT molecular complexity index is 358. The average Bonchev–Trinajstić information content (AvgIpc) is 2.27. The van der Waals surface area contributed by atoms with Crippen LogP contribution >= 0.6 is 0 Å². The Morgan fingerprint density at radius 3 is 2.38 bits per heavy atom. The molecule has 0 saturated carbocycles. The summed E-state index contributed by atoms with van der Waals surface area (Å²) in [6.07, 6.45) is 0.840. The van der Waals surface area contributed by atoms with E-state index in [1.807, 2.05) is 13.8 Å². The Morgan fingerprint density at radius 2 is 1.94 bits per heavy atom. The third-order valence-corrected chi connectivity index (χ3v) is 2.52. The molecule has 0 saturated heterocycles. The summed E-state index contributed by atoms with van der Waals surface area (Å²) in [6, 6.07) is 6.70. The standard InChI is InChI=1S/C12H18N2O2/c1-3-12(2,14)8-16-10-6-4-9(5-7-10)11(13)15/h4-7H,3,8,14H2,1-2H3,(H2,13,15). The van der Waals surface area contributed by atoms with Crippen molar-refractivity contribution in [3.8, 4) is 5.75 Å². The van der Waals surface area contributed by atoms with Crippen LogP contribution in [-0.2, 0) is 0 Å². The molecule has 0 radical (unpaired) electrons. The van der Waals surface area contributed by atoms with Crippen molar-refractivity contribution in [3.63, 3.8) is 0 Å². The highest BCUT2D eigenvalue weighted by Crippen LogP contribution is 2.14. The Morgan fingerprint density at radius 1 is 1.38 bits per heavy atom. The molecule has 1 aromatic carbocycles. The van der Waals surface area contributed by atoms with Gasteiger partial charge in [0.05, 0.1) is 0 Å². The van der Waals surface area contributed by atoms with E-state index >= 15 is 0 Å². The maximum atomic E-state index is 10.8. The molecule has 4 N–H and O–H groups in total. The fourth-order valence-corrected chi connectivity index (χ4v) is 1.07. The first kappa shape index (κ1) is 12.5. The molecule has 1 rings (SSSR count). The lowest BCUT2D eigenvalue weighted by Gasteiger charge is -2.22. The van der Waals surface area contributed by atoms with Crippen molar-refractivity contribution < 1.29 is 9.53 Å². The van der Waals surface area contributed by atoms with Gasteiger partial charge in [-0.1, -0.05) is 6.92 Å². The molecule has 1 amide bonds. The van der Waals surface area contributed by atoms with Gasteiger partial charge in [0.25, 0.3) is 0 Å². The van der Waals surface area contributed by atoms with E-state index in [0.29, 0.717) is 17.9 Å². The van der Waals surface area contributed by atoms with Crippen LogP contribution in [0.5, 0.6) is 5.75 Å². The molecular weight excluding hydrogens is 204 g/mol. The van der Waals surface area contributed by atoms with Gasteiger partial charge in [0.1, 0.15) is 12.4 Å². The molecule has 0 spiro atoms. The SMILES string of the molecule is CCC(C)(N)COc1ccc(C(N)=O)cc1. The molecule has 1 unspecified atom stereocenters. The maximum absolute atomic E-state index is 10.8. The minimum atomic E-state index is -0.441. The van der Waals surface area contributed by atoms with Crippen LogP contribution in [0.15, 0.2) is 24.3 Å². The highest BCUT2D eigenvalue weighted by molar-refractivity contribution is 5.92. The Labute approximate surface area is 95.6 Å². The van der Waals surface area contributed by atoms with Gasteiger partial charge in [0, 0.05) is 11.1 Å². The molecule has 0 aliphatic heterocycles. The monoisotopic (exact) mass is 222 g/mol. The Balaban J connectivity index is 2.59. The number of rotatable bonds is 5. The van der Waals surface area contributed by atoms with Crippen molar-refractivity contribution in [2.45, 2.75) is 25.8 Å². The van der Waals surface area contributed by atoms with Crippen LogP contribution in [0, 0.1) is 0 Å². The lowest BCUT2D eigenvalue weighted by molar-refractivity contribution is 0.1000. The predicted octanol–water partition coefficient (Wildman–Crippen LogP) is 1.29. The molecule has 0 heterocycles. The molecule has 1 aromatic rings. The highest BCUT2D eigenvalue weighted by Gasteiger charge is 2.16. The third-order valence-electron chi connectivity index (χ3n) is 2.52. The van der Waals surface area contributed by atoms with Crippen LogP contribution in [0.3, 0.4) is 0 Å². The minimum Gasteiger partial charge on any atom is -0.492 e. The van der Waals surface area contributed by atoms with Crippen LogP contribution < -0.4 is 16.2 Å². The summed E-state index contributed by atoms with van der Waals surface area (Å²) in [5.41, 5.74) is 11.2. The minimum absolute atomic E-state index is 0.331. The lowest BCUT2D eigenvalue weighted by atomic mass is 10.0. The van der Waals surface area contributed by atoms with Gasteiger partial charge in [-0.2, -0.15) is 0 Å². The number of nitrogens with two attached hydrogens (primary N) is 2. The van der Waals surface area contributed by atoms with Crippen molar-refractivity contribution in [2.75, 3.05) is 6.61 Å². The van der Waals surface area contributed by atoms with E-state index in [4.69, 9.17) is 16.2 Å². The van der Waals surface area contributed by atoms with Gasteiger partial charge in [-0.15, -0.1) is 0 Å². The summed E-state index contributed by atoms with van der Waals surface area (Å²) < 4.78 is 5.52. The fourth-order valence-electron chi connectivity index (χ4n) is 1.07. The zero-order valence-electron chi connectivity index (χ0n) is 9.69. The topological polar surface area (TPSA) is 78.3 Å². The van der Waals surface area contributed by atoms with Crippen LogP contribution in [0.4, 0.5) is 0 Å². The summed E-state index contributed by atoms with van der Waals surface area (Å²) in [5, 5.41) is 0. The van der Waals surface area contributed by atoms with E-state index in [9.17, 15) is 4.79 Å². The van der Waals surface area contributed by atoms with Crippen LogP contribution in [0.2, 0.25) is 0 Å². The van der Waals surface area contributed by atoms with Crippen molar-refractivity contribution in [1.82, 2.24) is 0 Å². The number of carbonyl (C=O) groups excluding carboxylic acids is 1. The van der Waals surface area contributed by atoms with Crippen LogP contribution in [-0.4, -0.2) is 18.1 Å². The summed E-state index contributed by atoms with van der Waals surface area (Å²) in [5.74, 6) is 0.249. The Hall–Kier alpha value is -1.55. The largest absolute Gasteiger partial charge is 0.492 e. The van der Waals surface area contributed by atoms with Gasteiger partial charge >= 0.3 is 0 Å². The molecular formula is C12H18N2O2. The number of benzene rings is 1. The van der Waals surface area contributed by atoms with Crippen molar-refractivity contribution in [2.24, 2.45) is 11.5 Å². The second-order valence-corrected chi connectivity index (χ2v) is 4.18. The summed E-state index contributed by atoms with van der Waals surface area (Å²) in [6.45, 7) is 4.39. The lowest BCUT2D eigenvalue weighted by Crippen LogP contribution is -2.41. The first-order valence-electron chi connectivity index (χ1n) is 5.26. The molecule has 4 heteroatoms. The third kappa shape index (κ3) is 3.55. The second kappa shape index (κ2) is 4.99. The summed E-state index contributed by atoms with van der Waals surface area (Å²) >= 11 is 0. The van der Waals surface area contributed by atoms with Gasteiger partial charge < -0.3 is 16.2 Å². The molecule has 0 aliphatic carbocycles. The number of ether oxygens (including phenoxy) is 1. The number of hydrogen-bond donors (Lipinski definition) is 2. The van der Waals surface area contributed by atoms with Crippen molar-refractivity contribution in [1.29, 1.82) is 0 Å². The first-order valence-corrected chi connectivity index (χ1v) is 5.26.